The number of unbranched alkanes of at least 4 members (excludes halogenated alkanes) is 2. The standard InChI is InChI=1S/C18H27N/c1-4-17-11-9-12-18(14-17)15-19-13-8-6-5-7-10-16(2)3/h4,7,9-12,14,16,19H,1,5-6,8,13,15H2,2-3H3/b10-7+. The van der Waals surface area contributed by atoms with E-state index in [1.807, 2.05) is 6.08 Å². The second kappa shape index (κ2) is 9.57. The van der Waals surface area contributed by atoms with Gasteiger partial charge >= 0.3 is 0 Å². The first-order valence-electron chi connectivity index (χ1n) is 7.31. The zero-order valence-electron chi connectivity index (χ0n) is 12.4. The van der Waals surface area contributed by atoms with Crippen molar-refractivity contribution in [3.8, 4) is 0 Å². The molecule has 0 aromatic heterocycles. The van der Waals surface area contributed by atoms with Gasteiger partial charge in [-0.25, -0.2) is 0 Å². The zero-order chi connectivity index (χ0) is 13.9. The fourth-order valence-corrected chi connectivity index (χ4v) is 1.94. The van der Waals surface area contributed by atoms with Crippen molar-refractivity contribution in [3.63, 3.8) is 0 Å². The summed E-state index contributed by atoms with van der Waals surface area (Å²) in [6.07, 6.45) is 10.2. The molecule has 0 bridgehead atoms. The molecule has 0 radical (unpaired) electrons. The molecule has 1 heteroatoms. The van der Waals surface area contributed by atoms with Crippen LogP contribution in [0.15, 0.2) is 43.0 Å². The van der Waals surface area contributed by atoms with Gasteiger partial charge < -0.3 is 5.32 Å². The van der Waals surface area contributed by atoms with Crippen molar-refractivity contribution in [2.24, 2.45) is 5.92 Å². The Morgan fingerprint density at radius 2 is 2.11 bits per heavy atom. The molecule has 0 saturated carbocycles. The molecule has 0 atom stereocenters. The minimum Gasteiger partial charge on any atom is -0.313 e. The fourth-order valence-electron chi connectivity index (χ4n) is 1.94. The van der Waals surface area contributed by atoms with E-state index in [0.717, 1.165) is 13.1 Å². The molecular weight excluding hydrogens is 230 g/mol. The van der Waals surface area contributed by atoms with Crippen molar-refractivity contribution in [3.05, 3.63) is 54.1 Å². The number of hydrogen-bond acceptors (Lipinski definition) is 1. The molecule has 19 heavy (non-hydrogen) atoms. The molecule has 0 aliphatic heterocycles. The van der Waals surface area contributed by atoms with Gasteiger partial charge in [0.05, 0.1) is 0 Å². The molecule has 0 fully saturated rings. The summed E-state index contributed by atoms with van der Waals surface area (Å²) in [5, 5.41) is 3.49. The van der Waals surface area contributed by atoms with Crippen LogP contribution in [-0.2, 0) is 6.54 Å². The van der Waals surface area contributed by atoms with Crippen LogP contribution in [-0.4, -0.2) is 6.54 Å². The molecule has 1 aromatic rings. The van der Waals surface area contributed by atoms with Gasteiger partial charge in [0.2, 0.25) is 0 Å². The van der Waals surface area contributed by atoms with Gasteiger partial charge in [0, 0.05) is 6.54 Å². The Hall–Kier alpha value is -1.34. The first-order chi connectivity index (χ1) is 9.22. The van der Waals surface area contributed by atoms with Crippen molar-refractivity contribution in [2.75, 3.05) is 6.54 Å². The number of benzene rings is 1. The topological polar surface area (TPSA) is 12.0 Å². The maximum Gasteiger partial charge on any atom is 0.0205 e. The van der Waals surface area contributed by atoms with Gasteiger partial charge in [0.25, 0.3) is 0 Å². The van der Waals surface area contributed by atoms with E-state index in [9.17, 15) is 0 Å². The predicted molar refractivity (Wildman–Crippen MR) is 86.1 cm³/mol. The second-order valence-electron chi connectivity index (χ2n) is 5.29. The first-order valence-corrected chi connectivity index (χ1v) is 7.31. The van der Waals surface area contributed by atoms with E-state index in [4.69, 9.17) is 0 Å². The SMILES string of the molecule is C=Cc1cccc(CNCCCC/C=C/C(C)C)c1. The molecule has 0 spiro atoms. The molecule has 0 aliphatic rings. The zero-order valence-corrected chi connectivity index (χ0v) is 12.4. The molecule has 1 N–H and O–H groups in total. The van der Waals surface area contributed by atoms with E-state index < -0.39 is 0 Å². The van der Waals surface area contributed by atoms with Crippen molar-refractivity contribution < 1.29 is 0 Å². The number of hydrogen-bond donors (Lipinski definition) is 1. The van der Waals surface area contributed by atoms with Crippen LogP contribution in [0.5, 0.6) is 0 Å². The van der Waals surface area contributed by atoms with E-state index in [2.05, 4.69) is 62.2 Å². The van der Waals surface area contributed by atoms with Gasteiger partial charge in [-0.3, -0.25) is 0 Å². The van der Waals surface area contributed by atoms with Crippen molar-refractivity contribution in [1.82, 2.24) is 5.32 Å². The maximum absolute atomic E-state index is 3.80. The Bertz CT molecular complexity index is 390. The highest BCUT2D eigenvalue weighted by Gasteiger charge is 1.93. The summed E-state index contributed by atoms with van der Waals surface area (Å²) < 4.78 is 0. The smallest absolute Gasteiger partial charge is 0.0205 e. The summed E-state index contributed by atoms with van der Waals surface area (Å²) in [5.74, 6) is 0.676. The van der Waals surface area contributed by atoms with Crippen LogP contribution >= 0.6 is 0 Å². The highest BCUT2D eigenvalue weighted by Crippen LogP contribution is 2.06. The van der Waals surface area contributed by atoms with Crippen molar-refractivity contribution in [1.29, 1.82) is 0 Å². The monoisotopic (exact) mass is 257 g/mol. The Morgan fingerprint density at radius 1 is 1.26 bits per heavy atom. The lowest BCUT2D eigenvalue weighted by Gasteiger charge is -2.05. The molecular formula is C18H27N. The van der Waals surface area contributed by atoms with Gasteiger partial charge in [-0.15, -0.1) is 0 Å². The van der Waals surface area contributed by atoms with E-state index >= 15 is 0 Å². The Labute approximate surface area is 118 Å². The first kappa shape index (κ1) is 15.7. The summed E-state index contributed by atoms with van der Waals surface area (Å²) in [4.78, 5) is 0. The third-order valence-corrected chi connectivity index (χ3v) is 3.01. The van der Waals surface area contributed by atoms with Crippen molar-refractivity contribution >= 4 is 6.08 Å². The third-order valence-electron chi connectivity index (χ3n) is 3.01. The lowest BCUT2D eigenvalue weighted by molar-refractivity contribution is 0.626. The lowest BCUT2D eigenvalue weighted by atomic mass is 10.1. The number of nitrogens with one attached hydrogen (secondary N) is 1. The number of rotatable bonds is 9. The average molecular weight is 257 g/mol. The molecule has 0 saturated heterocycles. The predicted octanol–water partition coefficient (Wildman–Crippen LogP) is 4.80. The molecule has 1 aromatic carbocycles. The highest BCUT2D eigenvalue weighted by molar-refractivity contribution is 5.47. The molecule has 1 rings (SSSR count). The van der Waals surface area contributed by atoms with Crippen LogP contribution in [0.2, 0.25) is 0 Å². The van der Waals surface area contributed by atoms with Crippen LogP contribution < -0.4 is 5.32 Å². The van der Waals surface area contributed by atoms with Gasteiger partial charge in [-0.2, -0.15) is 0 Å². The van der Waals surface area contributed by atoms with E-state index in [0.29, 0.717) is 5.92 Å². The highest BCUT2D eigenvalue weighted by atomic mass is 14.8. The minimum atomic E-state index is 0.676. The summed E-state index contributed by atoms with van der Waals surface area (Å²) in [7, 11) is 0. The lowest BCUT2D eigenvalue weighted by Crippen LogP contribution is -2.14. The summed E-state index contributed by atoms with van der Waals surface area (Å²) >= 11 is 0. The van der Waals surface area contributed by atoms with Crippen LogP contribution in [0.25, 0.3) is 6.08 Å². The summed E-state index contributed by atoms with van der Waals surface area (Å²) in [6.45, 7) is 10.3. The Balaban J connectivity index is 2.09. The second-order valence-corrected chi connectivity index (χ2v) is 5.29. The summed E-state index contributed by atoms with van der Waals surface area (Å²) in [6, 6.07) is 8.51. The average Bonchev–Trinajstić information content (AvgIpc) is 2.41. The fraction of sp³-hybridized carbons (Fsp3) is 0.444. The normalized spacial score (nSPS) is 11.3. The Kier molecular flexibility index (Phi) is 7.92. The van der Waals surface area contributed by atoms with Crippen LogP contribution in [0.3, 0.4) is 0 Å². The Morgan fingerprint density at radius 3 is 2.84 bits per heavy atom. The van der Waals surface area contributed by atoms with E-state index in [-0.39, 0.29) is 0 Å². The van der Waals surface area contributed by atoms with Crippen LogP contribution in [0.4, 0.5) is 0 Å². The molecule has 1 nitrogen and oxygen atoms in total. The van der Waals surface area contributed by atoms with Gasteiger partial charge in [-0.1, -0.05) is 62.9 Å². The van der Waals surface area contributed by atoms with Crippen LogP contribution in [0, 0.1) is 5.92 Å². The maximum atomic E-state index is 3.80. The quantitative estimate of drug-likeness (QED) is 0.495. The summed E-state index contributed by atoms with van der Waals surface area (Å²) in [5.41, 5.74) is 2.52. The van der Waals surface area contributed by atoms with Crippen molar-refractivity contribution in [2.45, 2.75) is 39.7 Å². The van der Waals surface area contributed by atoms with Gasteiger partial charge in [-0.05, 0) is 42.9 Å². The largest absolute Gasteiger partial charge is 0.313 e. The van der Waals surface area contributed by atoms with Crippen LogP contribution in [0.1, 0.15) is 44.2 Å². The molecule has 0 amide bonds. The molecule has 0 unspecified atom stereocenters. The van der Waals surface area contributed by atoms with Gasteiger partial charge in [0.1, 0.15) is 0 Å². The minimum absolute atomic E-state index is 0.676. The molecule has 0 heterocycles. The third kappa shape index (κ3) is 7.63. The molecule has 104 valence electrons. The van der Waals surface area contributed by atoms with Gasteiger partial charge in [0.15, 0.2) is 0 Å². The molecule has 0 aliphatic carbocycles. The van der Waals surface area contributed by atoms with E-state index in [1.165, 1.54) is 30.4 Å². The number of allylic oxidation sites excluding steroid dienone is 2. The van der Waals surface area contributed by atoms with E-state index in [1.54, 1.807) is 0 Å².